The molecule has 0 amide bonds. The van der Waals surface area contributed by atoms with Crippen LogP contribution in [0.25, 0.3) is 0 Å². The van der Waals surface area contributed by atoms with Crippen LogP contribution in [0.3, 0.4) is 0 Å². The molecule has 1 aliphatic carbocycles. The number of ether oxygens (including phenoxy) is 1. The van der Waals surface area contributed by atoms with Crippen LogP contribution in [-0.4, -0.2) is 12.6 Å². The summed E-state index contributed by atoms with van der Waals surface area (Å²) in [5, 5.41) is 4.40. The number of rotatable bonds is 5. The number of benzene rings is 2. The van der Waals surface area contributed by atoms with Gasteiger partial charge in [0.15, 0.2) is 0 Å². The monoisotopic (exact) mass is 301 g/mol. The van der Waals surface area contributed by atoms with Crippen LogP contribution in [0.4, 0.5) is 5.69 Å². The van der Waals surface area contributed by atoms with Gasteiger partial charge in [0.2, 0.25) is 0 Å². The lowest BCUT2D eigenvalue weighted by Gasteiger charge is -2.37. The van der Waals surface area contributed by atoms with Crippen LogP contribution in [0, 0.1) is 0 Å². The molecule has 1 fully saturated rings. The number of para-hydroxylation sites is 2. The van der Waals surface area contributed by atoms with Gasteiger partial charge in [0.05, 0.1) is 12.3 Å². The van der Waals surface area contributed by atoms with Crippen molar-refractivity contribution in [2.24, 2.45) is 0 Å². The van der Waals surface area contributed by atoms with E-state index in [1.54, 1.807) is 0 Å². The molecule has 0 atom stereocenters. The summed E-state index contributed by atoms with van der Waals surface area (Å²) in [5.74, 6) is 1.58. The third kappa shape index (κ3) is 3.33. The fraction of sp³-hybridized carbons (Fsp3) is 0.333. The average molecular weight is 302 g/mol. The van der Waals surface area contributed by atoms with Crippen molar-refractivity contribution in [1.82, 2.24) is 0 Å². The Kier molecular flexibility index (Phi) is 4.35. The lowest BCUT2D eigenvalue weighted by Crippen LogP contribution is -2.34. The van der Waals surface area contributed by atoms with Crippen molar-refractivity contribution in [2.75, 3.05) is 11.9 Å². The molecule has 0 aromatic heterocycles. The molecule has 1 saturated carbocycles. The predicted molar refractivity (Wildman–Crippen MR) is 88.4 cm³/mol. The van der Waals surface area contributed by atoms with Gasteiger partial charge in [-0.1, -0.05) is 35.9 Å². The van der Waals surface area contributed by atoms with Crippen LogP contribution in [0.1, 0.15) is 31.2 Å². The molecule has 21 heavy (non-hydrogen) atoms. The zero-order valence-electron chi connectivity index (χ0n) is 12.2. The molecule has 2 aromatic carbocycles. The Hall–Kier alpha value is -1.67. The van der Waals surface area contributed by atoms with E-state index < -0.39 is 0 Å². The molecule has 0 unspecified atom stereocenters. The number of hydrogen-bond acceptors (Lipinski definition) is 2. The molecule has 0 radical (unpaired) electrons. The maximum Gasteiger partial charge on any atom is 0.142 e. The predicted octanol–water partition coefficient (Wildman–Crippen LogP) is 5.10. The summed E-state index contributed by atoms with van der Waals surface area (Å²) in [6, 6.07) is 16.9. The molecule has 2 aromatic rings. The van der Waals surface area contributed by atoms with E-state index in [2.05, 4.69) is 23.5 Å². The smallest absolute Gasteiger partial charge is 0.142 e. The summed E-state index contributed by atoms with van der Waals surface area (Å²) in [4.78, 5) is 0. The first kappa shape index (κ1) is 14.3. The Bertz CT molecular complexity index is 590. The molecule has 0 heterocycles. The first-order valence-electron chi connectivity index (χ1n) is 7.50. The Balaban J connectivity index is 1.58. The van der Waals surface area contributed by atoms with Crippen molar-refractivity contribution < 1.29 is 4.74 Å². The highest BCUT2D eigenvalue weighted by Gasteiger charge is 2.30. The topological polar surface area (TPSA) is 21.3 Å². The highest BCUT2D eigenvalue weighted by Crippen LogP contribution is 2.40. The maximum atomic E-state index is 5.93. The van der Waals surface area contributed by atoms with Gasteiger partial charge in [0.1, 0.15) is 5.75 Å². The van der Waals surface area contributed by atoms with E-state index in [4.69, 9.17) is 16.3 Å². The van der Waals surface area contributed by atoms with Gasteiger partial charge < -0.3 is 10.1 Å². The van der Waals surface area contributed by atoms with E-state index in [0.29, 0.717) is 18.6 Å². The van der Waals surface area contributed by atoms with Gasteiger partial charge in [-0.25, -0.2) is 0 Å². The lowest BCUT2D eigenvalue weighted by atomic mass is 9.76. The SMILES string of the molecule is CCOc1ccccc1NC1CC(c2ccc(Cl)cc2)C1. The van der Waals surface area contributed by atoms with Crippen LogP contribution in [-0.2, 0) is 0 Å². The molecular weight excluding hydrogens is 282 g/mol. The number of halogens is 1. The number of nitrogens with one attached hydrogen (secondary N) is 1. The van der Waals surface area contributed by atoms with E-state index in [1.165, 1.54) is 5.56 Å². The zero-order chi connectivity index (χ0) is 14.7. The van der Waals surface area contributed by atoms with Gasteiger partial charge >= 0.3 is 0 Å². The molecule has 3 heteroatoms. The molecule has 0 saturated heterocycles. The average Bonchev–Trinajstić information content (AvgIpc) is 2.46. The Labute approximate surface area is 131 Å². The summed E-state index contributed by atoms with van der Waals surface area (Å²) >= 11 is 5.93. The second-order valence-corrected chi connectivity index (χ2v) is 5.93. The minimum atomic E-state index is 0.521. The largest absolute Gasteiger partial charge is 0.492 e. The molecule has 2 nitrogen and oxygen atoms in total. The zero-order valence-corrected chi connectivity index (χ0v) is 12.9. The fourth-order valence-electron chi connectivity index (χ4n) is 2.83. The van der Waals surface area contributed by atoms with E-state index in [1.807, 2.05) is 37.3 Å². The standard InChI is InChI=1S/C18H20ClNO/c1-2-21-18-6-4-3-5-17(18)20-16-11-14(12-16)13-7-9-15(19)10-8-13/h3-10,14,16,20H,2,11-12H2,1H3. The third-order valence-corrected chi connectivity index (χ3v) is 4.28. The Morgan fingerprint density at radius 3 is 2.52 bits per heavy atom. The second-order valence-electron chi connectivity index (χ2n) is 5.49. The van der Waals surface area contributed by atoms with Crippen molar-refractivity contribution in [3.63, 3.8) is 0 Å². The highest BCUT2D eigenvalue weighted by molar-refractivity contribution is 6.30. The van der Waals surface area contributed by atoms with Crippen LogP contribution in [0.5, 0.6) is 5.75 Å². The van der Waals surface area contributed by atoms with E-state index in [0.717, 1.165) is 29.3 Å². The summed E-state index contributed by atoms with van der Waals surface area (Å²) in [5.41, 5.74) is 2.48. The van der Waals surface area contributed by atoms with Crippen LogP contribution in [0.15, 0.2) is 48.5 Å². The third-order valence-electron chi connectivity index (χ3n) is 4.03. The Morgan fingerprint density at radius 1 is 1.10 bits per heavy atom. The summed E-state index contributed by atoms with van der Waals surface area (Å²) < 4.78 is 5.65. The molecule has 1 N–H and O–H groups in total. The van der Waals surface area contributed by atoms with E-state index >= 15 is 0 Å². The minimum absolute atomic E-state index is 0.521. The normalized spacial score (nSPS) is 20.7. The number of anilines is 1. The molecule has 0 spiro atoms. The van der Waals surface area contributed by atoms with Crippen molar-refractivity contribution in [3.05, 3.63) is 59.1 Å². The van der Waals surface area contributed by atoms with Gasteiger partial charge in [0.25, 0.3) is 0 Å². The van der Waals surface area contributed by atoms with Gasteiger partial charge in [-0.05, 0) is 55.5 Å². The van der Waals surface area contributed by atoms with Crippen molar-refractivity contribution in [3.8, 4) is 5.75 Å². The van der Waals surface area contributed by atoms with Crippen molar-refractivity contribution in [2.45, 2.75) is 31.7 Å². The Morgan fingerprint density at radius 2 is 1.81 bits per heavy atom. The minimum Gasteiger partial charge on any atom is -0.492 e. The number of hydrogen-bond donors (Lipinski definition) is 1. The molecular formula is C18H20ClNO. The molecule has 0 bridgehead atoms. The van der Waals surface area contributed by atoms with Gasteiger partial charge in [-0.3, -0.25) is 0 Å². The van der Waals surface area contributed by atoms with E-state index in [-0.39, 0.29) is 0 Å². The highest BCUT2D eigenvalue weighted by atomic mass is 35.5. The maximum absolute atomic E-state index is 5.93. The summed E-state index contributed by atoms with van der Waals surface area (Å²) in [6.45, 7) is 2.70. The van der Waals surface area contributed by atoms with Gasteiger partial charge in [-0.2, -0.15) is 0 Å². The molecule has 110 valence electrons. The molecule has 0 aliphatic heterocycles. The van der Waals surface area contributed by atoms with Crippen LogP contribution in [0.2, 0.25) is 5.02 Å². The first-order chi connectivity index (χ1) is 10.3. The van der Waals surface area contributed by atoms with Crippen LogP contribution < -0.4 is 10.1 Å². The molecule has 1 aliphatic rings. The molecule has 3 rings (SSSR count). The van der Waals surface area contributed by atoms with Crippen molar-refractivity contribution >= 4 is 17.3 Å². The summed E-state index contributed by atoms with van der Waals surface area (Å²) in [6.07, 6.45) is 2.31. The lowest BCUT2D eigenvalue weighted by molar-refractivity contribution is 0.337. The second kappa shape index (κ2) is 6.40. The van der Waals surface area contributed by atoms with Gasteiger partial charge in [0, 0.05) is 11.1 Å². The fourth-order valence-corrected chi connectivity index (χ4v) is 2.96. The first-order valence-corrected chi connectivity index (χ1v) is 7.88. The van der Waals surface area contributed by atoms with E-state index in [9.17, 15) is 0 Å². The van der Waals surface area contributed by atoms with Gasteiger partial charge in [-0.15, -0.1) is 0 Å². The van der Waals surface area contributed by atoms with Crippen LogP contribution >= 0.6 is 11.6 Å². The summed E-state index contributed by atoms with van der Waals surface area (Å²) in [7, 11) is 0. The van der Waals surface area contributed by atoms with Crippen molar-refractivity contribution in [1.29, 1.82) is 0 Å². The quantitative estimate of drug-likeness (QED) is 0.830.